The number of piperidine rings is 1. The van der Waals surface area contributed by atoms with Gasteiger partial charge in [0.25, 0.3) is 12.4 Å². The molecule has 6 unspecified atom stereocenters. The topological polar surface area (TPSA) is 396 Å². The van der Waals surface area contributed by atoms with E-state index >= 15 is 0 Å². The van der Waals surface area contributed by atoms with Gasteiger partial charge >= 0.3 is 11.9 Å². The van der Waals surface area contributed by atoms with E-state index in [0.29, 0.717) is 38.6 Å². The van der Waals surface area contributed by atoms with Gasteiger partial charge in [-0.3, -0.25) is 81.7 Å². The molecule has 3 heterocycles. The second kappa shape index (κ2) is 49.2. The molecule has 1 aromatic heterocycles. The zero-order chi connectivity index (χ0) is 79.1. The van der Waals surface area contributed by atoms with Crippen LogP contribution in [-0.4, -0.2) is 229 Å². The number of Topliss-reactive ketones (excluding diaryl/α,β-unsaturated/α-hetero) is 4. The average Bonchev–Trinajstić information content (AvgIpc) is 1.74. The number of likely N-dealkylation sites (tertiary alicyclic amines) is 2. The summed E-state index contributed by atoms with van der Waals surface area (Å²) in [5.41, 5.74) is 2.03. The molecule has 2 fully saturated rings. The van der Waals surface area contributed by atoms with Gasteiger partial charge in [0.05, 0.1) is 17.7 Å². The third-order valence-corrected chi connectivity index (χ3v) is 21.1. The maximum absolute atomic E-state index is 14.8. The number of hydrogen-bond acceptors (Lipinski definition) is 23. The van der Waals surface area contributed by atoms with Crippen LogP contribution in [0.25, 0.3) is 0 Å². The summed E-state index contributed by atoms with van der Waals surface area (Å²) in [4.78, 5) is 204. The van der Waals surface area contributed by atoms with E-state index in [1.54, 1.807) is 30.5 Å². The van der Waals surface area contributed by atoms with E-state index in [2.05, 4.69) is 31.5 Å². The van der Waals surface area contributed by atoms with Crippen LogP contribution in [0.4, 0.5) is 0 Å². The third kappa shape index (κ3) is 34.1. The van der Waals surface area contributed by atoms with Crippen molar-refractivity contribution in [2.75, 3.05) is 79.5 Å². The van der Waals surface area contributed by atoms with E-state index < -0.39 is 108 Å². The minimum atomic E-state index is -1.21. The molecule has 0 saturated carbocycles. The Morgan fingerprint density at radius 2 is 1.45 bits per heavy atom. The zero-order valence-corrected chi connectivity index (χ0v) is 65.7. The molecule has 10 atom stereocenters. The molecule has 2 aliphatic rings. The number of hydrogen-bond donors (Lipinski definition) is 6. The minimum Gasteiger partial charge on any atom is -0.481 e. The molecule has 4 rings (SSSR count). The number of imide groups is 1. The number of carbonyl (C=O) groups excluding carboxylic acids is 14. The zero-order valence-electron chi connectivity index (χ0n) is 64.0. The van der Waals surface area contributed by atoms with Crippen molar-refractivity contribution in [3.05, 3.63) is 51.5 Å². The van der Waals surface area contributed by atoms with Crippen molar-refractivity contribution >= 4 is 112 Å². The normalized spacial score (nSPS) is 16.8. The summed E-state index contributed by atoms with van der Waals surface area (Å²) >= 11 is 2.37. The number of nitrogens with zero attached hydrogens (tertiary/aromatic N) is 4. The van der Waals surface area contributed by atoms with Gasteiger partial charge in [-0.1, -0.05) is 77.3 Å². The van der Waals surface area contributed by atoms with Crippen LogP contribution in [0, 0.1) is 30.6 Å². The van der Waals surface area contributed by atoms with Crippen molar-refractivity contribution in [2.45, 2.75) is 231 Å². The number of thioether (sulfide) groups is 1. The van der Waals surface area contributed by atoms with Crippen molar-refractivity contribution in [1.82, 2.24) is 46.3 Å². The highest BCUT2D eigenvalue weighted by Crippen LogP contribution is 2.34. The quantitative estimate of drug-likeness (QED) is 0.0142. The average molecular weight is 1540 g/mol. The Bertz CT molecular complexity index is 3280. The van der Waals surface area contributed by atoms with Crippen LogP contribution in [0.15, 0.2) is 29.6 Å². The van der Waals surface area contributed by atoms with Crippen LogP contribution in [0.5, 0.6) is 0 Å². The summed E-state index contributed by atoms with van der Waals surface area (Å²) < 4.78 is 22.1. The first-order valence-electron chi connectivity index (χ1n) is 37.5. The van der Waals surface area contributed by atoms with E-state index in [0.717, 1.165) is 53.2 Å². The number of carbonyl (C=O) groups is 15. The molecule has 0 aliphatic carbocycles. The van der Waals surface area contributed by atoms with Crippen molar-refractivity contribution in [3.8, 4) is 0 Å². The van der Waals surface area contributed by atoms with E-state index in [9.17, 15) is 71.9 Å². The van der Waals surface area contributed by atoms with Crippen molar-refractivity contribution in [3.63, 3.8) is 0 Å². The lowest BCUT2D eigenvalue weighted by Gasteiger charge is -2.37. The summed E-state index contributed by atoms with van der Waals surface area (Å²) in [6, 6.07) is 5.36. The summed E-state index contributed by atoms with van der Waals surface area (Å²) in [6.45, 7) is 14.0. The number of esters is 1. The smallest absolute Gasteiger partial charge is 0.310 e. The molecule has 31 heteroatoms. The second-order valence-electron chi connectivity index (χ2n) is 28.4. The number of aromatic nitrogens is 1. The first-order chi connectivity index (χ1) is 50.9. The fourth-order valence-corrected chi connectivity index (χ4v) is 14.2. The molecule has 596 valence electrons. The Morgan fingerprint density at radius 1 is 0.776 bits per heavy atom. The van der Waals surface area contributed by atoms with Gasteiger partial charge < -0.3 is 55.5 Å². The SMILES string of the molecule is CCC(C)[C@H](CC(=O)C1CCCCN1C)C(=O)N(C)[C@H](C[C@@H](OC(=O)CCC(=O)NCCNC(=O)C(CCCCNC(=O)COCCCC(=O)COCCCC(=O)CC(=O)O)NC(=O)C(C)CC(=O)CCCN1C(=O)CC(SC)C1=O)c1nc(C(=O)N[C@@H](Cc2ccc(C)cc2)CC(C)OC=O)cs1)C(C)C. The number of carboxylic acids is 1. The van der Waals surface area contributed by atoms with Crippen LogP contribution in [0.3, 0.4) is 0 Å². The highest BCUT2D eigenvalue weighted by Gasteiger charge is 2.40. The maximum atomic E-state index is 14.8. The highest BCUT2D eigenvalue weighted by molar-refractivity contribution is 8.00. The number of benzene rings is 1. The Balaban J connectivity index is 1.41. The molecule has 0 spiro atoms. The monoisotopic (exact) mass is 1540 g/mol. The van der Waals surface area contributed by atoms with E-state index in [4.69, 9.17) is 29.0 Å². The number of ketones is 4. The van der Waals surface area contributed by atoms with E-state index in [-0.39, 0.29) is 193 Å². The molecule has 29 nitrogen and oxygen atoms in total. The summed E-state index contributed by atoms with van der Waals surface area (Å²) in [5.74, 6) is -8.31. The number of aliphatic carboxylic acids is 1. The van der Waals surface area contributed by atoms with Gasteiger partial charge in [-0.2, -0.15) is 11.8 Å². The minimum absolute atomic E-state index is 0.00625. The number of ether oxygens (including phenoxy) is 4. The number of carboxylic acid groups (broad SMARTS) is 1. The van der Waals surface area contributed by atoms with Crippen molar-refractivity contribution < 1.29 is 96.0 Å². The largest absolute Gasteiger partial charge is 0.481 e. The van der Waals surface area contributed by atoms with E-state index in [1.807, 2.05) is 65.9 Å². The maximum Gasteiger partial charge on any atom is 0.310 e. The van der Waals surface area contributed by atoms with Gasteiger partial charge in [0, 0.05) is 134 Å². The van der Waals surface area contributed by atoms with Crippen molar-refractivity contribution in [2.24, 2.45) is 23.7 Å². The summed E-state index contributed by atoms with van der Waals surface area (Å²) in [5, 5.41) is 24.0. The van der Waals surface area contributed by atoms with Gasteiger partial charge in [0.1, 0.15) is 54.0 Å². The number of likely N-dealkylation sites (N-methyl/N-ethyl adjacent to an activating group) is 1. The Kier molecular flexibility index (Phi) is 42.1. The lowest BCUT2D eigenvalue weighted by molar-refractivity contribution is -0.153. The highest BCUT2D eigenvalue weighted by atomic mass is 32.2. The van der Waals surface area contributed by atoms with Gasteiger partial charge in [-0.15, -0.1) is 11.3 Å². The fraction of sp³-hybridized carbons (Fsp3) is 0.684. The third-order valence-electron chi connectivity index (χ3n) is 19.2. The molecule has 2 aliphatic heterocycles. The van der Waals surface area contributed by atoms with Gasteiger partial charge in [0.2, 0.25) is 41.4 Å². The first-order valence-corrected chi connectivity index (χ1v) is 39.6. The number of nitrogens with one attached hydrogen (secondary N) is 5. The van der Waals surface area contributed by atoms with E-state index in [1.165, 1.54) is 18.7 Å². The number of amides is 8. The molecule has 6 N–H and O–H groups in total. The van der Waals surface area contributed by atoms with Gasteiger partial charge in [0.15, 0.2) is 17.7 Å². The lowest BCUT2D eigenvalue weighted by Crippen LogP contribution is -2.49. The van der Waals surface area contributed by atoms with Gasteiger partial charge in [-0.05, 0) is 109 Å². The fourth-order valence-electron chi connectivity index (χ4n) is 12.8. The van der Waals surface area contributed by atoms with Gasteiger partial charge in [-0.25, -0.2) is 4.98 Å². The molecule has 2 saturated heterocycles. The van der Waals surface area contributed by atoms with Crippen LogP contribution < -0.4 is 26.6 Å². The first kappa shape index (κ1) is 91.5. The molecular weight excluding hydrogens is 1420 g/mol. The van der Waals surface area contributed by atoms with Crippen LogP contribution in [0.2, 0.25) is 0 Å². The Hall–Kier alpha value is -7.87. The predicted octanol–water partition coefficient (Wildman–Crippen LogP) is 6.16. The standard InChI is InChI=1S/C76H115N9O20S2/c1-11-50(5)58(41-63(90)61-23-13-15-33-83(61)8)75(100)84(9)62(48(2)3)42-64(74-82-60(46-107-74)73(99)80-54(38-52(7)104-47-86)39-53-26-24-49(4)25-27-53)105-70(96)29-28-66(91)78-31-32-79-72(98)59(81-71(97)51(6)37-55(87)19-16-34-85-68(93)43-65(106-10)76(85)101)22-12-14-30-77-67(92)45-103-36-18-21-57(89)44-102-35-17-20-56(88)40-69(94)95/h24-27,46-48,50-52,54,58-59,61-62,64-65H,11-23,28-45H2,1-10H3,(H,77,92)(H,78,91)(H,79,98)(H,80,99)(H,81,97)(H,94,95)/t50?,51?,52?,54-,58+,59?,61?,62-,64-,65?/m1/s1. The van der Waals surface area contributed by atoms with Crippen molar-refractivity contribution in [1.29, 1.82) is 0 Å². The number of rotatable bonds is 55. The predicted molar refractivity (Wildman–Crippen MR) is 400 cm³/mol. The summed E-state index contributed by atoms with van der Waals surface area (Å²) in [7, 11) is 3.62. The molecule has 1 aromatic carbocycles. The number of thiazole rings is 1. The van der Waals surface area contributed by atoms with Crippen LogP contribution >= 0.6 is 23.1 Å². The molecule has 8 amide bonds. The molecule has 0 bridgehead atoms. The molecule has 0 radical (unpaired) electrons. The number of aryl methyl sites for hydroxylation is 1. The molecular formula is C76H115N9O20S2. The van der Waals surface area contributed by atoms with Crippen LogP contribution in [0.1, 0.15) is 209 Å². The number of unbranched alkanes of at least 4 members (excludes halogenated alkanes) is 1. The summed E-state index contributed by atoms with van der Waals surface area (Å²) in [6.07, 6.45) is 4.55. The molecule has 107 heavy (non-hydrogen) atoms. The second-order valence-corrected chi connectivity index (χ2v) is 30.3. The Morgan fingerprint density at radius 3 is 2.10 bits per heavy atom. The van der Waals surface area contributed by atoms with Crippen LogP contribution in [-0.2, 0) is 92.5 Å². The lowest BCUT2D eigenvalue weighted by atomic mass is 9.83. The molecule has 2 aromatic rings. The Labute approximate surface area is 637 Å².